The minimum absolute atomic E-state index is 0.00193. The maximum absolute atomic E-state index is 11.2. The molecule has 1 atom stereocenters. The third-order valence-electron chi connectivity index (χ3n) is 2.73. The lowest BCUT2D eigenvalue weighted by Crippen LogP contribution is -2.38. The van der Waals surface area contributed by atoms with Crippen molar-refractivity contribution in [1.82, 2.24) is 9.88 Å². The highest BCUT2D eigenvalue weighted by Crippen LogP contribution is 2.06. The summed E-state index contributed by atoms with van der Waals surface area (Å²) in [7, 11) is 3.26. The lowest BCUT2D eigenvalue weighted by Gasteiger charge is -2.23. The highest BCUT2D eigenvalue weighted by Gasteiger charge is 2.13. The first-order valence-corrected chi connectivity index (χ1v) is 5.89. The van der Waals surface area contributed by atoms with Crippen molar-refractivity contribution in [2.45, 2.75) is 19.5 Å². The Bertz CT molecular complexity index is 433. The predicted octanol–water partition coefficient (Wildman–Crippen LogP) is 0.975. The van der Waals surface area contributed by atoms with E-state index < -0.39 is 0 Å². The topological polar surface area (TPSA) is 68.5 Å². The Morgan fingerprint density at radius 3 is 2.72 bits per heavy atom. The molecule has 0 aromatic carbocycles. The van der Waals surface area contributed by atoms with E-state index in [0.717, 1.165) is 5.69 Å². The maximum atomic E-state index is 11.2. The SMILES string of the molecule is COC(=O)c1ccc(CN(C)C(C)C(N)=S)nc1. The van der Waals surface area contributed by atoms with Crippen molar-refractivity contribution < 1.29 is 9.53 Å². The van der Waals surface area contributed by atoms with Gasteiger partial charge in [-0.2, -0.15) is 0 Å². The van der Waals surface area contributed by atoms with Crippen LogP contribution in [0.15, 0.2) is 18.3 Å². The van der Waals surface area contributed by atoms with Crippen LogP contribution in [-0.2, 0) is 11.3 Å². The molecule has 6 heteroatoms. The molecule has 0 radical (unpaired) electrons. The lowest BCUT2D eigenvalue weighted by atomic mass is 10.2. The van der Waals surface area contributed by atoms with E-state index in [4.69, 9.17) is 18.0 Å². The number of hydrogen-bond donors (Lipinski definition) is 1. The summed E-state index contributed by atoms with van der Waals surface area (Å²) in [5.74, 6) is -0.390. The minimum atomic E-state index is -0.390. The van der Waals surface area contributed by atoms with E-state index in [1.54, 1.807) is 12.1 Å². The molecule has 18 heavy (non-hydrogen) atoms. The fourth-order valence-electron chi connectivity index (χ4n) is 1.37. The summed E-state index contributed by atoms with van der Waals surface area (Å²) < 4.78 is 4.60. The Labute approximate surface area is 112 Å². The number of methoxy groups -OCH3 is 1. The van der Waals surface area contributed by atoms with Gasteiger partial charge in [0.1, 0.15) is 0 Å². The van der Waals surface area contributed by atoms with Crippen LogP contribution in [-0.4, -0.2) is 41.0 Å². The van der Waals surface area contributed by atoms with E-state index in [0.29, 0.717) is 17.1 Å². The van der Waals surface area contributed by atoms with Gasteiger partial charge >= 0.3 is 5.97 Å². The van der Waals surface area contributed by atoms with Gasteiger partial charge in [-0.15, -0.1) is 0 Å². The van der Waals surface area contributed by atoms with Crippen LogP contribution >= 0.6 is 12.2 Å². The molecule has 0 bridgehead atoms. The Morgan fingerprint density at radius 2 is 2.28 bits per heavy atom. The van der Waals surface area contributed by atoms with Crippen LogP contribution < -0.4 is 5.73 Å². The average Bonchev–Trinajstić information content (AvgIpc) is 2.37. The number of ether oxygens (including phenoxy) is 1. The molecule has 2 N–H and O–H groups in total. The van der Waals surface area contributed by atoms with Crippen LogP contribution in [0.1, 0.15) is 23.0 Å². The summed E-state index contributed by atoms with van der Waals surface area (Å²) in [6.07, 6.45) is 1.50. The molecular weight excluding hydrogens is 250 g/mol. The molecule has 0 saturated carbocycles. The summed E-state index contributed by atoms with van der Waals surface area (Å²) in [5, 5.41) is 0. The Hall–Kier alpha value is -1.53. The third kappa shape index (κ3) is 3.75. The maximum Gasteiger partial charge on any atom is 0.339 e. The molecule has 0 spiro atoms. The number of esters is 1. The molecule has 0 aliphatic carbocycles. The van der Waals surface area contributed by atoms with Gasteiger partial charge in [0.15, 0.2) is 0 Å². The summed E-state index contributed by atoms with van der Waals surface area (Å²) in [6, 6.07) is 3.48. The molecule has 1 rings (SSSR count). The Balaban J connectivity index is 2.69. The number of pyridine rings is 1. The summed E-state index contributed by atoms with van der Waals surface area (Å²) in [6.45, 7) is 2.55. The lowest BCUT2D eigenvalue weighted by molar-refractivity contribution is 0.0600. The van der Waals surface area contributed by atoms with Gasteiger partial charge in [-0.1, -0.05) is 12.2 Å². The molecule has 1 aromatic heterocycles. The fraction of sp³-hybridized carbons (Fsp3) is 0.417. The van der Waals surface area contributed by atoms with Crippen molar-refractivity contribution in [3.63, 3.8) is 0 Å². The molecule has 1 unspecified atom stereocenters. The molecule has 98 valence electrons. The third-order valence-corrected chi connectivity index (χ3v) is 3.07. The smallest absolute Gasteiger partial charge is 0.339 e. The molecule has 1 heterocycles. The van der Waals surface area contributed by atoms with Crippen molar-refractivity contribution in [1.29, 1.82) is 0 Å². The van der Waals surface area contributed by atoms with E-state index in [9.17, 15) is 4.79 Å². The number of rotatable bonds is 5. The van der Waals surface area contributed by atoms with Gasteiger partial charge in [-0.05, 0) is 26.1 Å². The van der Waals surface area contributed by atoms with Crippen LogP contribution in [0.4, 0.5) is 0 Å². The van der Waals surface area contributed by atoms with Crippen LogP contribution in [0.2, 0.25) is 0 Å². The first-order chi connectivity index (χ1) is 8.45. The van der Waals surface area contributed by atoms with Gasteiger partial charge in [0.05, 0.1) is 29.4 Å². The van der Waals surface area contributed by atoms with E-state index in [1.807, 2.05) is 18.9 Å². The van der Waals surface area contributed by atoms with Crippen molar-refractivity contribution >= 4 is 23.2 Å². The number of carbonyl (C=O) groups excluding carboxylic acids is 1. The van der Waals surface area contributed by atoms with Crippen molar-refractivity contribution in [3.05, 3.63) is 29.6 Å². The number of likely N-dealkylation sites (N-methyl/N-ethyl adjacent to an activating group) is 1. The van der Waals surface area contributed by atoms with Gasteiger partial charge in [0, 0.05) is 12.7 Å². The second-order valence-electron chi connectivity index (χ2n) is 4.02. The summed E-state index contributed by atoms with van der Waals surface area (Å²) in [4.78, 5) is 17.9. The quantitative estimate of drug-likeness (QED) is 0.633. The van der Waals surface area contributed by atoms with Crippen LogP contribution in [0.3, 0.4) is 0 Å². The molecule has 0 saturated heterocycles. The fourth-order valence-corrected chi connectivity index (χ4v) is 1.55. The van der Waals surface area contributed by atoms with Crippen molar-refractivity contribution in [2.75, 3.05) is 14.2 Å². The molecule has 0 amide bonds. The zero-order chi connectivity index (χ0) is 13.7. The normalized spacial score (nSPS) is 12.2. The van der Waals surface area contributed by atoms with Gasteiger partial charge in [-0.25, -0.2) is 4.79 Å². The van der Waals surface area contributed by atoms with Gasteiger partial charge in [0.25, 0.3) is 0 Å². The Kier molecular flexibility index (Phi) is 5.18. The van der Waals surface area contributed by atoms with E-state index in [-0.39, 0.29) is 12.0 Å². The largest absolute Gasteiger partial charge is 0.465 e. The summed E-state index contributed by atoms with van der Waals surface area (Å²) >= 11 is 4.94. The number of nitrogens with zero attached hydrogens (tertiary/aromatic N) is 2. The number of nitrogens with two attached hydrogens (primary N) is 1. The first kappa shape index (κ1) is 14.5. The highest BCUT2D eigenvalue weighted by atomic mass is 32.1. The highest BCUT2D eigenvalue weighted by molar-refractivity contribution is 7.80. The molecule has 0 aliphatic heterocycles. The monoisotopic (exact) mass is 267 g/mol. The second kappa shape index (κ2) is 6.42. The summed E-state index contributed by atoms with van der Waals surface area (Å²) in [5.41, 5.74) is 6.86. The van der Waals surface area contributed by atoms with E-state index in [2.05, 4.69) is 9.72 Å². The van der Waals surface area contributed by atoms with Crippen LogP contribution in [0, 0.1) is 0 Å². The second-order valence-corrected chi connectivity index (χ2v) is 4.49. The standard InChI is InChI=1S/C12H17N3O2S/c1-8(11(13)18)15(2)7-10-5-4-9(6-14-10)12(16)17-3/h4-6,8H,7H2,1-3H3,(H2,13,18). The zero-order valence-corrected chi connectivity index (χ0v) is 11.5. The Morgan fingerprint density at radius 1 is 1.61 bits per heavy atom. The number of aromatic nitrogens is 1. The molecule has 0 aliphatic rings. The molecule has 1 aromatic rings. The molecular formula is C12H17N3O2S. The number of hydrogen-bond acceptors (Lipinski definition) is 5. The van der Waals surface area contributed by atoms with Crippen molar-refractivity contribution in [2.24, 2.45) is 5.73 Å². The van der Waals surface area contributed by atoms with Crippen LogP contribution in [0.5, 0.6) is 0 Å². The zero-order valence-electron chi connectivity index (χ0n) is 10.7. The average molecular weight is 267 g/mol. The van der Waals surface area contributed by atoms with Crippen molar-refractivity contribution in [3.8, 4) is 0 Å². The molecule has 0 fully saturated rings. The van der Waals surface area contributed by atoms with E-state index >= 15 is 0 Å². The van der Waals surface area contributed by atoms with Gasteiger partial charge in [0.2, 0.25) is 0 Å². The predicted molar refractivity (Wildman–Crippen MR) is 73.3 cm³/mol. The first-order valence-electron chi connectivity index (χ1n) is 5.48. The van der Waals surface area contributed by atoms with Gasteiger partial charge in [-0.3, -0.25) is 9.88 Å². The minimum Gasteiger partial charge on any atom is -0.465 e. The van der Waals surface area contributed by atoms with E-state index in [1.165, 1.54) is 13.3 Å². The van der Waals surface area contributed by atoms with Gasteiger partial charge < -0.3 is 10.5 Å². The molecule has 5 nitrogen and oxygen atoms in total. The number of carbonyl (C=O) groups is 1. The number of thiocarbonyl (C=S) groups is 1. The van der Waals surface area contributed by atoms with Crippen LogP contribution in [0.25, 0.3) is 0 Å².